The minimum atomic E-state index is -0.352. The molecule has 2 aromatic heterocycles. The molecule has 2 heterocycles. The van der Waals surface area contributed by atoms with E-state index in [-0.39, 0.29) is 11.2 Å². The second-order valence-electron chi connectivity index (χ2n) is 6.16. The van der Waals surface area contributed by atoms with Gasteiger partial charge in [0.05, 0.1) is 16.6 Å². The molecule has 0 unspecified atom stereocenters. The van der Waals surface area contributed by atoms with Crippen LogP contribution >= 0.6 is 11.6 Å². The summed E-state index contributed by atoms with van der Waals surface area (Å²) in [5.41, 5.74) is 2.41. The van der Waals surface area contributed by atoms with Gasteiger partial charge in [-0.15, -0.1) is 0 Å². The lowest BCUT2D eigenvalue weighted by molar-refractivity contribution is 0.714. The molecule has 0 N–H and O–H groups in total. The molecule has 0 saturated carbocycles. The van der Waals surface area contributed by atoms with Crippen LogP contribution in [0, 0.1) is 0 Å². The SMILES string of the molecule is Cn1c(=O)c2c(-c3ccc(Cl)cc3)n(-c3ccccc3)cc2n(C)c1=O. The number of aromatic nitrogens is 3. The molecule has 4 aromatic rings. The summed E-state index contributed by atoms with van der Waals surface area (Å²) >= 11 is 6.03. The molecule has 0 aliphatic heterocycles. The second-order valence-corrected chi connectivity index (χ2v) is 6.59. The molecule has 130 valence electrons. The summed E-state index contributed by atoms with van der Waals surface area (Å²) in [5.74, 6) is 0. The van der Waals surface area contributed by atoms with Crippen molar-refractivity contribution < 1.29 is 0 Å². The number of benzene rings is 2. The molecule has 2 aromatic carbocycles. The van der Waals surface area contributed by atoms with E-state index in [1.54, 1.807) is 19.2 Å². The van der Waals surface area contributed by atoms with Gasteiger partial charge in [0.1, 0.15) is 0 Å². The first-order valence-corrected chi connectivity index (χ1v) is 8.49. The van der Waals surface area contributed by atoms with Crippen LogP contribution in [-0.2, 0) is 14.1 Å². The Morgan fingerprint density at radius 2 is 1.50 bits per heavy atom. The minimum absolute atomic E-state index is 0.317. The fourth-order valence-corrected chi connectivity index (χ4v) is 3.35. The van der Waals surface area contributed by atoms with Gasteiger partial charge >= 0.3 is 5.69 Å². The Morgan fingerprint density at radius 1 is 0.846 bits per heavy atom. The van der Waals surface area contributed by atoms with Crippen molar-refractivity contribution in [2.24, 2.45) is 14.1 Å². The van der Waals surface area contributed by atoms with Gasteiger partial charge in [0.15, 0.2) is 0 Å². The number of hydrogen-bond acceptors (Lipinski definition) is 2. The fourth-order valence-electron chi connectivity index (χ4n) is 3.22. The molecule has 26 heavy (non-hydrogen) atoms. The van der Waals surface area contributed by atoms with Crippen molar-refractivity contribution >= 4 is 22.5 Å². The molecular formula is C20H16ClN3O2. The summed E-state index contributed by atoms with van der Waals surface area (Å²) < 4.78 is 4.57. The van der Waals surface area contributed by atoms with Gasteiger partial charge in [0.2, 0.25) is 0 Å². The quantitative estimate of drug-likeness (QED) is 0.547. The Kier molecular flexibility index (Phi) is 3.81. The Hall–Kier alpha value is -3.05. The molecule has 0 aliphatic rings. The summed E-state index contributed by atoms with van der Waals surface area (Å²) in [6.45, 7) is 0. The number of halogens is 1. The van der Waals surface area contributed by atoms with Gasteiger partial charge < -0.3 is 4.57 Å². The van der Waals surface area contributed by atoms with Crippen LogP contribution in [0.5, 0.6) is 0 Å². The summed E-state index contributed by atoms with van der Waals surface area (Å²) in [6.07, 6.45) is 1.83. The zero-order valence-electron chi connectivity index (χ0n) is 14.3. The van der Waals surface area contributed by atoms with Crippen LogP contribution < -0.4 is 11.2 Å². The molecule has 6 heteroatoms. The first kappa shape index (κ1) is 16.4. The molecule has 0 radical (unpaired) electrons. The third-order valence-corrected chi connectivity index (χ3v) is 4.84. The van der Waals surface area contributed by atoms with E-state index in [4.69, 9.17) is 11.6 Å². The predicted octanol–water partition coefficient (Wildman–Crippen LogP) is 3.35. The molecule has 0 fully saturated rings. The van der Waals surface area contributed by atoms with Crippen molar-refractivity contribution in [3.05, 3.63) is 86.7 Å². The van der Waals surface area contributed by atoms with E-state index in [0.29, 0.717) is 15.9 Å². The maximum Gasteiger partial charge on any atom is 0.330 e. The fraction of sp³-hybridized carbons (Fsp3) is 0.100. The van der Waals surface area contributed by atoms with E-state index < -0.39 is 0 Å². The number of para-hydroxylation sites is 1. The lowest BCUT2D eigenvalue weighted by Gasteiger charge is -2.10. The van der Waals surface area contributed by atoms with E-state index in [0.717, 1.165) is 21.5 Å². The Morgan fingerprint density at radius 3 is 2.15 bits per heavy atom. The molecule has 4 rings (SSSR count). The predicted molar refractivity (Wildman–Crippen MR) is 104 cm³/mol. The van der Waals surface area contributed by atoms with Gasteiger partial charge in [-0.1, -0.05) is 41.9 Å². The van der Waals surface area contributed by atoms with Crippen LogP contribution in [0.2, 0.25) is 5.02 Å². The largest absolute Gasteiger partial charge is 0.330 e. The number of aryl methyl sites for hydroxylation is 1. The van der Waals surface area contributed by atoms with Crippen LogP contribution in [0.1, 0.15) is 0 Å². The van der Waals surface area contributed by atoms with Crippen LogP contribution in [0.4, 0.5) is 0 Å². The summed E-state index contributed by atoms with van der Waals surface area (Å²) in [6, 6.07) is 17.0. The molecule has 0 aliphatic carbocycles. The second kappa shape index (κ2) is 6.04. The highest BCUT2D eigenvalue weighted by Gasteiger charge is 2.20. The van der Waals surface area contributed by atoms with Gasteiger partial charge in [0.25, 0.3) is 5.56 Å². The van der Waals surface area contributed by atoms with Crippen molar-refractivity contribution in [2.75, 3.05) is 0 Å². The Labute approximate surface area is 154 Å². The van der Waals surface area contributed by atoms with Crippen molar-refractivity contribution in [1.29, 1.82) is 0 Å². The van der Waals surface area contributed by atoms with E-state index in [9.17, 15) is 9.59 Å². The van der Waals surface area contributed by atoms with Crippen molar-refractivity contribution in [1.82, 2.24) is 13.7 Å². The van der Waals surface area contributed by atoms with Crippen LogP contribution in [-0.4, -0.2) is 13.7 Å². The van der Waals surface area contributed by atoms with Crippen LogP contribution in [0.25, 0.3) is 27.8 Å². The number of nitrogens with zero attached hydrogens (tertiary/aromatic N) is 3. The van der Waals surface area contributed by atoms with Gasteiger partial charge in [0, 0.05) is 31.0 Å². The Bertz CT molecular complexity index is 1230. The van der Waals surface area contributed by atoms with Gasteiger partial charge in [-0.2, -0.15) is 0 Å². The molecule has 0 bridgehead atoms. The zero-order chi connectivity index (χ0) is 18.4. The molecular weight excluding hydrogens is 350 g/mol. The average Bonchev–Trinajstić information content (AvgIpc) is 3.07. The van der Waals surface area contributed by atoms with Crippen LogP contribution in [0.3, 0.4) is 0 Å². The monoisotopic (exact) mass is 365 g/mol. The van der Waals surface area contributed by atoms with Crippen molar-refractivity contribution in [3.8, 4) is 16.9 Å². The number of fused-ring (bicyclic) bond motifs is 1. The van der Waals surface area contributed by atoms with Crippen molar-refractivity contribution in [2.45, 2.75) is 0 Å². The summed E-state index contributed by atoms with van der Waals surface area (Å²) in [7, 11) is 3.17. The smallest absolute Gasteiger partial charge is 0.314 e. The van der Waals surface area contributed by atoms with Gasteiger partial charge in [-0.05, 0) is 29.8 Å². The molecule has 0 amide bonds. The van der Waals surface area contributed by atoms with E-state index >= 15 is 0 Å². The summed E-state index contributed by atoms with van der Waals surface area (Å²) in [5, 5.41) is 1.12. The highest BCUT2D eigenvalue weighted by atomic mass is 35.5. The maximum atomic E-state index is 12.9. The standard InChI is InChI=1S/C20H16ClN3O2/c1-22-16-12-24(15-6-4-3-5-7-15)18(13-8-10-14(21)11-9-13)17(16)19(25)23(2)20(22)26/h3-12H,1-2H3. The zero-order valence-corrected chi connectivity index (χ0v) is 15.1. The third-order valence-electron chi connectivity index (χ3n) is 4.59. The first-order valence-electron chi connectivity index (χ1n) is 8.11. The van der Waals surface area contributed by atoms with Gasteiger partial charge in [-0.3, -0.25) is 13.9 Å². The van der Waals surface area contributed by atoms with E-state index in [1.807, 2.05) is 53.2 Å². The maximum absolute atomic E-state index is 12.9. The topological polar surface area (TPSA) is 48.9 Å². The lowest BCUT2D eigenvalue weighted by Crippen LogP contribution is -2.36. The van der Waals surface area contributed by atoms with E-state index in [2.05, 4.69) is 0 Å². The Balaban J connectivity index is 2.21. The van der Waals surface area contributed by atoms with Crippen LogP contribution in [0.15, 0.2) is 70.4 Å². The normalized spacial score (nSPS) is 11.2. The molecule has 0 saturated heterocycles. The molecule has 0 spiro atoms. The minimum Gasteiger partial charge on any atom is -0.314 e. The molecule has 0 atom stereocenters. The highest BCUT2D eigenvalue weighted by Crippen LogP contribution is 2.31. The number of rotatable bonds is 2. The first-order chi connectivity index (χ1) is 12.5. The van der Waals surface area contributed by atoms with Gasteiger partial charge in [-0.25, -0.2) is 4.79 Å². The number of hydrogen-bond donors (Lipinski definition) is 0. The highest BCUT2D eigenvalue weighted by molar-refractivity contribution is 6.30. The average molecular weight is 366 g/mol. The summed E-state index contributed by atoms with van der Waals surface area (Å²) in [4.78, 5) is 25.3. The third kappa shape index (κ3) is 2.40. The lowest BCUT2D eigenvalue weighted by atomic mass is 10.1. The van der Waals surface area contributed by atoms with Crippen molar-refractivity contribution in [3.63, 3.8) is 0 Å². The van der Waals surface area contributed by atoms with E-state index in [1.165, 1.54) is 11.6 Å². The molecule has 5 nitrogen and oxygen atoms in total.